The Labute approximate surface area is 140 Å². The molecule has 0 bridgehead atoms. The Hall–Kier alpha value is -2.50. The molecule has 0 saturated carbocycles. The number of nitrogens with one attached hydrogen (secondary N) is 1. The number of aromatic nitrogens is 2. The molecule has 2 heterocycles. The highest BCUT2D eigenvalue weighted by Crippen LogP contribution is 2.23. The summed E-state index contributed by atoms with van der Waals surface area (Å²) in [5.74, 6) is 0.252. The first kappa shape index (κ1) is 16.4. The maximum atomic E-state index is 13.6. The van der Waals surface area contributed by atoms with Gasteiger partial charge in [-0.25, -0.2) is 4.39 Å². The van der Waals surface area contributed by atoms with E-state index in [1.807, 2.05) is 19.1 Å². The van der Waals surface area contributed by atoms with Gasteiger partial charge in [-0.15, -0.1) is 5.10 Å². The van der Waals surface area contributed by atoms with Crippen molar-refractivity contribution in [2.45, 2.75) is 26.7 Å². The lowest BCUT2D eigenvalue weighted by Crippen LogP contribution is -2.41. The maximum Gasteiger partial charge on any atom is 0.229 e. The molecule has 6 heteroatoms. The molecule has 2 aromatic rings. The van der Waals surface area contributed by atoms with Gasteiger partial charge in [0.1, 0.15) is 5.82 Å². The van der Waals surface area contributed by atoms with Crippen molar-refractivity contribution in [2.24, 2.45) is 5.92 Å². The highest BCUT2D eigenvalue weighted by molar-refractivity contribution is 5.93. The van der Waals surface area contributed by atoms with E-state index < -0.39 is 0 Å². The zero-order valence-corrected chi connectivity index (χ0v) is 13.9. The van der Waals surface area contributed by atoms with E-state index in [-0.39, 0.29) is 17.6 Å². The van der Waals surface area contributed by atoms with Crippen LogP contribution in [-0.4, -0.2) is 29.2 Å². The largest absolute Gasteiger partial charge is 0.354 e. The standard InChI is InChI=1S/C18H21FN4O/c1-12-5-7-15(10-16(12)19)20-18(24)14-4-3-9-23(11-14)17-8-6-13(2)21-22-17/h5-8,10,14H,3-4,9,11H2,1-2H3,(H,20,24). The van der Waals surface area contributed by atoms with E-state index >= 15 is 0 Å². The van der Waals surface area contributed by atoms with Crippen LogP contribution in [0, 0.1) is 25.6 Å². The monoisotopic (exact) mass is 328 g/mol. The van der Waals surface area contributed by atoms with E-state index in [4.69, 9.17) is 0 Å². The molecule has 3 rings (SSSR count). The minimum atomic E-state index is -0.312. The first-order chi connectivity index (χ1) is 11.5. The molecule has 1 amide bonds. The number of rotatable bonds is 3. The molecule has 0 aliphatic carbocycles. The van der Waals surface area contributed by atoms with Crippen molar-refractivity contribution in [3.05, 3.63) is 47.4 Å². The zero-order chi connectivity index (χ0) is 17.1. The molecule has 1 atom stereocenters. The third kappa shape index (κ3) is 3.69. The van der Waals surface area contributed by atoms with Crippen molar-refractivity contribution < 1.29 is 9.18 Å². The molecule has 1 fully saturated rings. The summed E-state index contributed by atoms with van der Waals surface area (Å²) in [7, 11) is 0. The Bertz CT molecular complexity index is 732. The third-order valence-electron chi connectivity index (χ3n) is 4.34. The molecule has 5 nitrogen and oxygen atoms in total. The van der Waals surface area contributed by atoms with Gasteiger partial charge in [-0.05, 0) is 56.5 Å². The summed E-state index contributed by atoms with van der Waals surface area (Å²) in [6.45, 7) is 5.05. The molecule has 1 N–H and O–H groups in total. The minimum absolute atomic E-state index is 0.0805. The second-order valence-corrected chi connectivity index (χ2v) is 6.27. The molecule has 0 radical (unpaired) electrons. The number of benzene rings is 1. The lowest BCUT2D eigenvalue weighted by atomic mass is 9.97. The normalized spacial score (nSPS) is 17.6. The molecular formula is C18H21FN4O. The molecule has 1 aromatic heterocycles. The van der Waals surface area contributed by atoms with Crippen LogP contribution in [0.25, 0.3) is 0 Å². The van der Waals surface area contributed by atoms with E-state index in [0.717, 1.165) is 30.9 Å². The van der Waals surface area contributed by atoms with Crippen molar-refractivity contribution in [3.8, 4) is 0 Å². The Morgan fingerprint density at radius 2 is 2.08 bits per heavy atom. The minimum Gasteiger partial charge on any atom is -0.354 e. The summed E-state index contributed by atoms with van der Waals surface area (Å²) < 4.78 is 13.6. The summed E-state index contributed by atoms with van der Waals surface area (Å²) in [4.78, 5) is 14.6. The number of carbonyl (C=O) groups is 1. The van der Waals surface area contributed by atoms with Gasteiger partial charge >= 0.3 is 0 Å². The van der Waals surface area contributed by atoms with Gasteiger partial charge in [0.25, 0.3) is 0 Å². The highest BCUT2D eigenvalue weighted by atomic mass is 19.1. The van der Waals surface area contributed by atoms with Crippen molar-refractivity contribution in [1.29, 1.82) is 0 Å². The van der Waals surface area contributed by atoms with Gasteiger partial charge in [0.2, 0.25) is 5.91 Å². The molecule has 1 aliphatic rings. The summed E-state index contributed by atoms with van der Waals surface area (Å²) in [5, 5.41) is 11.1. The molecule has 0 spiro atoms. The van der Waals surface area contributed by atoms with Gasteiger partial charge in [-0.2, -0.15) is 5.10 Å². The van der Waals surface area contributed by atoms with E-state index in [9.17, 15) is 9.18 Å². The summed E-state index contributed by atoms with van der Waals surface area (Å²) >= 11 is 0. The number of amides is 1. The van der Waals surface area contributed by atoms with Crippen LogP contribution in [0.4, 0.5) is 15.9 Å². The number of hydrogen-bond acceptors (Lipinski definition) is 4. The lowest BCUT2D eigenvalue weighted by Gasteiger charge is -2.32. The fraction of sp³-hybridized carbons (Fsp3) is 0.389. The Balaban J connectivity index is 1.66. The Kier molecular flexibility index (Phi) is 4.74. The van der Waals surface area contributed by atoms with Crippen molar-refractivity contribution in [2.75, 3.05) is 23.3 Å². The van der Waals surface area contributed by atoms with E-state index in [0.29, 0.717) is 17.8 Å². The van der Waals surface area contributed by atoms with Crippen LogP contribution in [0.5, 0.6) is 0 Å². The maximum absolute atomic E-state index is 13.6. The summed E-state index contributed by atoms with van der Waals surface area (Å²) in [6.07, 6.45) is 1.73. The molecule has 1 unspecified atom stereocenters. The molecule has 1 aromatic carbocycles. The van der Waals surface area contributed by atoms with Gasteiger partial charge in [0, 0.05) is 18.8 Å². The number of anilines is 2. The second kappa shape index (κ2) is 6.95. The van der Waals surface area contributed by atoms with Crippen LogP contribution in [-0.2, 0) is 4.79 Å². The number of halogens is 1. The van der Waals surface area contributed by atoms with Crippen LogP contribution in [0.15, 0.2) is 30.3 Å². The highest BCUT2D eigenvalue weighted by Gasteiger charge is 2.26. The topological polar surface area (TPSA) is 58.1 Å². The number of hydrogen-bond donors (Lipinski definition) is 1. The van der Waals surface area contributed by atoms with Crippen molar-refractivity contribution in [1.82, 2.24) is 10.2 Å². The van der Waals surface area contributed by atoms with Crippen LogP contribution < -0.4 is 10.2 Å². The molecule has 126 valence electrons. The predicted octanol–water partition coefficient (Wildman–Crippen LogP) is 3.09. The van der Waals surface area contributed by atoms with Crippen LogP contribution >= 0.6 is 0 Å². The first-order valence-electron chi connectivity index (χ1n) is 8.15. The molecular weight excluding hydrogens is 307 g/mol. The van der Waals surface area contributed by atoms with E-state index in [1.165, 1.54) is 6.07 Å². The zero-order valence-electron chi connectivity index (χ0n) is 13.9. The van der Waals surface area contributed by atoms with Crippen LogP contribution in [0.1, 0.15) is 24.1 Å². The van der Waals surface area contributed by atoms with Gasteiger partial charge < -0.3 is 10.2 Å². The Morgan fingerprint density at radius 3 is 2.79 bits per heavy atom. The second-order valence-electron chi connectivity index (χ2n) is 6.27. The fourth-order valence-electron chi connectivity index (χ4n) is 2.87. The van der Waals surface area contributed by atoms with Crippen LogP contribution in [0.3, 0.4) is 0 Å². The smallest absolute Gasteiger partial charge is 0.229 e. The van der Waals surface area contributed by atoms with Gasteiger partial charge in [-0.3, -0.25) is 4.79 Å². The fourth-order valence-corrected chi connectivity index (χ4v) is 2.87. The van der Waals surface area contributed by atoms with Crippen molar-refractivity contribution in [3.63, 3.8) is 0 Å². The van der Waals surface area contributed by atoms with Gasteiger partial charge in [0.15, 0.2) is 5.82 Å². The number of nitrogens with zero attached hydrogens (tertiary/aromatic N) is 3. The van der Waals surface area contributed by atoms with E-state index in [1.54, 1.807) is 19.1 Å². The van der Waals surface area contributed by atoms with E-state index in [2.05, 4.69) is 20.4 Å². The van der Waals surface area contributed by atoms with Crippen molar-refractivity contribution >= 4 is 17.4 Å². The first-order valence-corrected chi connectivity index (χ1v) is 8.15. The summed E-state index contributed by atoms with van der Waals surface area (Å²) in [6, 6.07) is 8.60. The third-order valence-corrected chi connectivity index (χ3v) is 4.34. The molecule has 24 heavy (non-hydrogen) atoms. The number of carbonyl (C=O) groups excluding carboxylic acids is 1. The number of aryl methyl sites for hydroxylation is 2. The summed E-state index contributed by atoms with van der Waals surface area (Å²) in [5.41, 5.74) is 1.93. The average molecular weight is 328 g/mol. The average Bonchev–Trinajstić information content (AvgIpc) is 2.59. The molecule has 1 saturated heterocycles. The SMILES string of the molecule is Cc1ccc(N2CCCC(C(=O)Nc3ccc(C)c(F)c3)C2)nn1. The lowest BCUT2D eigenvalue weighted by molar-refractivity contribution is -0.120. The van der Waals surface area contributed by atoms with Crippen LogP contribution in [0.2, 0.25) is 0 Å². The Morgan fingerprint density at radius 1 is 1.25 bits per heavy atom. The molecule has 1 aliphatic heterocycles. The predicted molar refractivity (Wildman–Crippen MR) is 91.5 cm³/mol. The van der Waals surface area contributed by atoms with Gasteiger partial charge in [-0.1, -0.05) is 6.07 Å². The van der Waals surface area contributed by atoms with Gasteiger partial charge in [0.05, 0.1) is 11.6 Å². The number of piperidine rings is 1. The quantitative estimate of drug-likeness (QED) is 0.941.